The zero-order valence-corrected chi connectivity index (χ0v) is 13.9. The van der Waals surface area contributed by atoms with Gasteiger partial charge in [-0.05, 0) is 32.0 Å². The fourth-order valence-corrected chi connectivity index (χ4v) is 2.18. The molecule has 1 aromatic heterocycles. The number of carbonyl (C=O) groups excluding carboxylic acids is 1. The molecule has 0 aliphatic heterocycles. The first-order chi connectivity index (χ1) is 10.4. The quantitative estimate of drug-likeness (QED) is 0.406. The molecule has 122 valence electrons. The van der Waals surface area contributed by atoms with Crippen LogP contribution in [0, 0.1) is 4.77 Å². The monoisotopic (exact) mass is 326 g/mol. The summed E-state index contributed by atoms with van der Waals surface area (Å²) in [4.78, 5) is 25.8. The van der Waals surface area contributed by atoms with Crippen molar-refractivity contribution < 1.29 is 9.90 Å². The van der Waals surface area contributed by atoms with E-state index in [4.69, 9.17) is 12.2 Å². The Morgan fingerprint density at radius 1 is 1.55 bits per heavy atom. The van der Waals surface area contributed by atoms with Crippen LogP contribution in [0.4, 0.5) is 0 Å². The number of hydrogen-bond acceptors (Lipinski definition) is 5. The molecule has 22 heavy (non-hydrogen) atoms. The fraction of sp³-hybridized carbons (Fsp3) is 0.571. The lowest BCUT2D eigenvalue weighted by atomic mass is 10.2. The smallest absolute Gasteiger partial charge is 0.264 e. The number of aromatic hydroxyl groups is 1. The van der Waals surface area contributed by atoms with E-state index in [9.17, 15) is 14.7 Å². The third-order valence-electron chi connectivity index (χ3n) is 3.32. The van der Waals surface area contributed by atoms with Gasteiger partial charge in [0, 0.05) is 12.5 Å². The molecule has 0 aliphatic rings. The van der Waals surface area contributed by atoms with E-state index in [0.29, 0.717) is 6.42 Å². The van der Waals surface area contributed by atoms with E-state index in [1.54, 1.807) is 0 Å². The van der Waals surface area contributed by atoms with Crippen molar-refractivity contribution in [2.24, 2.45) is 5.10 Å². The number of unbranched alkanes of at least 4 members (excludes halogenated alkanes) is 1. The summed E-state index contributed by atoms with van der Waals surface area (Å²) in [5.41, 5.74) is 1.74. The number of carbonyl (C=O) groups is 1. The molecule has 0 radical (unpaired) electrons. The Morgan fingerprint density at radius 3 is 2.82 bits per heavy atom. The minimum absolute atomic E-state index is 0.0373. The summed E-state index contributed by atoms with van der Waals surface area (Å²) in [6.45, 7) is 5.80. The Hall–Kier alpha value is -1.96. The molecule has 0 spiro atoms. The van der Waals surface area contributed by atoms with Crippen molar-refractivity contribution in [1.82, 2.24) is 15.0 Å². The van der Waals surface area contributed by atoms with E-state index in [-0.39, 0.29) is 28.2 Å². The molecule has 1 atom stereocenters. The molecule has 1 aromatic rings. The summed E-state index contributed by atoms with van der Waals surface area (Å²) >= 11 is 5.06. The standard InChI is InChI=1S/C14H22N4O3S/c1-4-6-7-11(19)17-15-8-10-12(20)16-14(22)18(13(10)21)9(3)5-2/h8-9,21H,4-7H2,1-3H3,(H,17,19)(H,16,20,22)/b15-8+. The molecule has 0 saturated carbocycles. The van der Waals surface area contributed by atoms with Crippen molar-refractivity contribution in [1.29, 1.82) is 0 Å². The van der Waals surface area contributed by atoms with Crippen molar-refractivity contribution >= 4 is 24.3 Å². The Balaban J connectivity index is 3.03. The van der Waals surface area contributed by atoms with Gasteiger partial charge < -0.3 is 5.11 Å². The molecule has 0 fully saturated rings. The van der Waals surface area contributed by atoms with E-state index in [2.05, 4.69) is 15.5 Å². The van der Waals surface area contributed by atoms with Crippen molar-refractivity contribution in [2.75, 3.05) is 0 Å². The van der Waals surface area contributed by atoms with Crippen molar-refractivity contribution in [3.05, 3.63) is 20.7 Å². The molecule has 1 unspecified atom stereocenters. The predicted octanol–water partition coefficient (Wildman–Crippen LogP) is 2.22. The van der Waals surface area contributed by atoms with Gasteiger partial charge in [-0.15, -0.1) is 0 Å². The molecular weight excluding hydrogens is 304 g/mol. The summed E-state index contributed by atoms with van der Waals surface area (Å²) in [5.74, 6) is -0.488. The van der Waals surface area contributed by atoms with Gasteiger partial charge in [-0.25, -0.2) is 5.43 Å². The lowest BCUT2D eigenvalue weighted by Gasteiger charge is -2.16. The largest absolute Gasteiger partial charge is 0.494 e. The number of aromatic nitrogens is 2. The van der Waals surface area contributed by atoms with Crippen LogP contribution in [-0.4, -0.2) is 26.8 Å². The number of hydrazone groups is 1. The second kappa shape index (κ2) is 8.47. The number of nitrogens with zero attached hydrogens (tertiary/aromatic N) is 2. The van der Waals surface area contributed by atoms with Crippen LogP contribution in [0.5, 0.6) is 5.88 Å². The number of H-pyrrole nitrogens is 1. The van der Waals surface area contributed by atoms with Crippen LogP contribution in [0.1, 0.15) is 58.1 Å². The van der Waals surface area contributed by atoms with Gasteiger partial charge in [0.2, 0.25) is 11.8 Å². The van der Waals surface area contributed by atoms with Crippen LogP contribution < -0.4 is 11.0 Å². The van der Waals surface area contributed by atoms with E-state index in [0.717, 1.165) is 25.5 Å². The van der Waals surface area contributed by atoms with Crippen LogP contribution in [0.2, 0.25) is 0 Å². The molecule has 3 N–H and O–H groups in total. The fourth-order valence-electron chi connectivity index (χ4n) is 1.82. The zero-order chi connectivity index (χ0) is 16.7. The Bertz CT molecular complexity index is 663. The Labute approximate surface area is 134 Å². The van der Waals surface area contributed by atoms with Gasteiger partial charge in [0.15, 0.2) is 4.77 Å². The second-order valence-electron chi connectivity index (χ2n) is 5.02. The average Bonchev–Trinajstić information content (AvgIpc) is 2.47. The third-order valence-corrected chi connectivity index (χ3v) is 3.62. The van der Waals surface area contributed by atoms with Gasteiger partial charge in [-0.1, -0.05) is 20.3 Å². The van der Waals surface area contributed by atoms with Crippen molar-refractivity contribution in [3.63, 3.8) is 0 Å². The maximum Gasteiger partial charge on any atom is 0.264 e. The molecule has 8 heteroatoms. The first-order valence-corrected chi connectivity index (χ1v) is 7.72. The molecule has 0 aromatic carbocycles. The number of amides is 1. The first kappa shape index (κ1) is 18.1. The van der Waals surface area contributed by atoms with Crippen molar-refractivity contribution in [2.45, 2.75) is 52.5 Å². The molecule has 0 aliphatic carbocycles. The number of nitrogens with one attached hydrogen (secondary N) is 2. The molecule has 1 heterocycles. The van der Waals surface area contributed by atoms with Crippen LogP contribution in [-0.2, 0) is 4.79 Å². The maximum atomic E-state index is 11.9. The van der Waals surface area contributed by atoms with Gasteiger partial charge in [-0.2, -0.15) is 5.10 Å². The van der Waals surface area contributed by atoms with Gasteiger partial charge in [0.1, 0.15) is 5.56 Å². The number of rotatable bonds is 7. The summed E-state index contributed by atoms with van der Waals surface area (Å²) in [6.07, 6.45) is 3.91. The lowest BCUT2D eigenvalue weighted by molar-refractivity contribution is -0.121. The Morgan fingerprint density at radius 2 is 2.23 bits per heavy atom. The number of hydrogen-bond donors (Lipinski definition) is 3. The highest BCUT2D eigenvalue weighted by molar-refractivity contribution is 7.71. The van der Waals surface area contributed by atoms with Gasteiger partial charge in [0.05, 0.1) is 6.21 Å². The van der Waals surface area contributed by atoms with Gasteiger partial charge in [-0.3, -0.25) is 19.1 Å². The normalized spacial score (nSPS) is 12.5. The predicted molar refractivity (Wildman–Crippen MR) is 87.8 cm³/mol. The van der Waals surface area contributed by atoms with E-state index >= 15 is 0 Å². The van der Waals surface area contributed by atoms with E-state index in [1.165, 1.54) is 4.57 Å². The lowest BCUT2D eigenvalue weighted by Crippen LogP contribution is -2.22. The first-order valence-electron chi connectivity index (χ1n) is 7.32. The highest BCUT2D eigenvalue weighted by atomic mass is 32.1. The molecule has 1 rings (SSSR count). The molecule has 0 bridgehead atoms. The van der Waals surface area contributed by atoms with Crippen LogP contribution >= 0.6 is 12.2 Å². The maximum absolute atomic E-state index is 11.9. The minimum Gasteiger partial charge on any atom is -0.494 e. The molecule has 1 amide bonds. The molecule has 7 nitrogen and oxygen atoms in total. The van der Waals surface area contributed by atoms with Crippen molar-refractivity contribution in [3.8, 4) is 5.88 Å². The summed E-state index contributed by atoms with van der Waals surface area (Å²) in [7, 11) is 0. The minimum atomic E-state index is -0.548. The molecule has 0 saturated heterocycles. The van der Waals surface area contributed by atoms with E-state index in [1.807, 2.05) is 20.8 Å². The van der Waals surface area contributed by atoms with E-state index < -0.39 is 5.56 Å². The second-order valence-corrected chi connectivity index (χ2v) is 5.41. The topological polar surface area (TPSA) is 99.5 Å². The molecular formula is C14H22N4O3S. The van der Waals surface area contributed by atoms with Gasteiger partial charge in [0.25, 0.3) is 5.56 Å². The Kier molecular flexibility index (Phi) is 6.97. The third kappa shape index (κ3) is 4.52. The summed E-state index contributed by atoms with van der Waals surface area (Å²) in [5, 5.41) is 14.0. The summed E-state index contributed by atoms with van der Waals surface area (Å²) < 4.78 is 1.61. The summed E-state index contributed by atoms with van der Waals surface area (Å²) in [6, 6.07) is -0.0735. The van der Waals surface area contributed by atoms with Crippen LogP contribution in [0.3, 0.4) is 0 Å². The SMILES string of the molecule is CCCCC(=O)N/N=C/c1c(O)n(C(C)CC)c(=S)[nH]c1=O. The number of aromatic amines is 1. The van der Waals surface area contributed by atoms with Crippen LogP contribution in [0.25, 0.3) is 0 Å². The average molecular weight is 326 g/mol. The zero-order valence-electron chi connectivity index (χ0n) is 13.0. The van der Waals surface area contributed by atoms with Gasteiger partial charge >= 0.3 is 0 Å². The highest BCUT2D eigenvalue weighted by Crippen LogP contribution is 2.19. The van der Waals surface area contributed by atoms with Crippen LogP contribution in [0.15, 0.2) is 9.90 Å². The highest BCUT2D eigenvalue weighted by Gasteiger charge is 2.14.